The number of hydrogen-bond acceptors (Lipinski definition) is 4. The molecule has 2 aromatic carbocycles. The van der Waals surface area contributed by atoms with Crippen LogP contribution >= 0.6 is 0 Å². The van der Waals surface area contributed by atoms with Gasteiger partial charge in [-0.2, -0.15) is 0 Å². The molecule has 1 fully saturated rings. The molecule has 0 spiro atoms. The van der Waals surface area contributed by atoms with Gasteiger partial charge in [-0.15, -0.1) is 0 Å². The molecular formula is C17H13NO4. The number of fused-ring (bicyclic) bond motifs is 1. The molecule has 5 heteroatoms. The summed E-state index contributed by atoms with van der Waals surface area (Å²) in [6.07, 6.45) is 0.191. The van der Waals surface area contributed by atoms with Crippen LogP contribution < -0.4 is 9.64 Å². The minimum Gasteiger partial charge on any atom is -0.491 e. The van der Waals surface area contributed by atoms with E-state index < -0.39 is 0 Å². The molecule has 5 nitrogen and oxygen atoms in total. The van der Waals surface area contributed by atoms with Crippen molar-refractivity contribution in [2.24, 2.45) is 0 Å². The lowest BCUT2D eigenvalue weighted by Crippen LogP contribution is -2.29. The van der Waals surface area contributed by atoms with Crippen LogP contribution in [0.25, 0.3) is 0 Å². The van der Waals surface area contributed by atoms with E-state index in [1.807, 2.05) is 0 Å². The SMILES string of the molecule is O=C1c2ccccc2C(=O)N1c1ccc(OC[C@@H]2CO2)cc1. The number of amides is 2. The van der Waals surface area contributed by atoms with Gasteiger partial charge in [0.1, 0.15) is 18.5 Å². The number of benzene rings is 2. The number of carbonyl (C=O) groups excluding carboxylic acids is 2. The summed E-state index contributed by atoms with van der Waals surface area (Å²) in [4.78, 5) is 25.9. The Kier molecular flexibility index (Phi) is 2.94. The van der Waals surface area contributed by atoms with Crippen molar-refractivity contribution >= 4 is 17.5 Å². The maximum Gasteiger partial charge on any atom is 0.266 e. The molecule has 4 rings (SSSR count). The molecule has 0 saturated carbocycles. The second kappa shape index (κ2) is 4.96. The molecule has 0 bridgehead atoms. The molecule has 1 atom stereocenters. The maximum absolute atomic E-state index is 12.4. The first-order valence-corrected chi connectivity index (χ1v) is 7.06. The molecule has 110 valence electrons. The largest absolute Gasteiger partial charge is 0.491 e. The van der Waals surface area contributed by atoms with Gasteiger partial charge in [0.25, 0.3) is 11.8 Å². The zero-order valence-corrected chi connectivity index (χ0v) is 11.7. The predicted molar refractivity (Wildman–Crippen MR) is 79.3 cm³/mol. The highest BCUT2D eigenvalue weighted by molar-refractivity contribution is 6.34. The molecular weight excluding hydrogens is 282 g/mol. The molecule has 0 unspecified atom stereocenters. The summed E-state index contributed by atoms with van der Waals surface area (Å²) in [5.74, 6) is 0.108. The predicted octanol–water partition coefficient (Wildman–Crippen LogP) is 2.26. The normalized spacial score (nSPS) is 19.3. The molecule has 2 heterocycles. The van der Waals surface area contributed by atoms with E-state index in [9.17, 15) is 9.59 Å². The second-order valence-corrected chi connectivity index (χ2v) is 5.25. The van der Waals surface area contributed by atoms with Gasteiger partial charge >= 0.3 is 0 Å². The van der Waals surface area contributed by atoms with Gasteiger partial charge in [-0.1, -0.05) is 12.1 Å². The smallest absolute Gasteiger partial charge is 0.266 e. The van der Waals surface area contributed by atoms with Crippen molar-refractivity contribution in [1.29, 1.82) is 0 Å². The van der Waals surface area contributed by atoms with Crippen LogP contribution in [0, 0.1) is 0 Å². The third kappa shape index (κ3) is 2.16. The molecule has 0 aliphatic carbocycles. The topological polar surface area (TPSA) is 59.1 Å². The van der Waals surface area contributed by atoms with Crippen molar-refractivity contribution in [3.8, 4) is 5.75 Å². The van der Waals surface area contributed by atoms with Crippen molar-refractivity contribution in [3.05, 3.63) is 59.7 Å². The van der Waals surface area contributed by atoms with Crippen molar-refractivity contribution in [2.45, 2.75) is 6.10 Å². The Morgan fingerprint density at radius 1 is 1.00 bits per heavy atom. The van der Waals surface area contributed by atoms with E-state index in [0.717, 1.165) is 6.61 Å². The van der Waals surface area contributed by atoms with E-state index in [2.05, 4.69) is 0 Å². The van der Waals surface area contributed by atoms with Crippen LogP contribution in [0.2, 0.25) is 0 Å². The van der Waals surface area contributed by atoms with Crippen molar-refractivity contribution in [3.63, 3.8) is 0 Å². The van der Waals surface area contributed by atoms with Crippen molar-refractivity contribution < 1.29 is 19.1 Å². The van der Waals surface area contributed by atoms with Gasteiger partial charge < -0.3 is 9.47 Å². The van der Waals surface area contributed by atoms with Crippen molar-refractivity contribution in [2.75, 3.05) is 18.1 Å². The van der Waals surface area contributed by atoms with Crippen LogP contribution in [0.4, 0.5) is 5.69 Å². The monoisotopic (exact) mass is 295 g/mol. The van der Waals surface area contributed by atoms with Crippen LogP contribution in [-0.2, 0) is 4.74 Å². The maximum atomic E-state index is 12.4. The lowest BCUT2D eigenvalue weighted by atomic mass is 10.1. The lowest BCUT2D eigenvalue weighted by Gasteiger charge is -2.14. The molecule has 1 saturated heterocycles. The summed E-state index contributed by atoms with van der Waals surface area (Å²) >= 11 is 0. The third-order valence-electron chi connectivity index (χ3n) is 3.73. The van der Waals surface area contributed by atoms with E-state index in [1.54, 1.807) is 48.5 Å². The van der Waals surface area contributed by atoms with Gasteiger partial charge in [0.15, 0.2) is 0 Å². The fraction of sp³-hybridized carbons (Fsp3) is 0.176. The number of ether oxygens (including phenoxy) is 2. The Balaban J connectivity index is 1.57. The zero-order chi connectivity index (χ0) is 15.1. The molecule has 22 heavy (non-hydrogen) atoms. The van der Waals surface area contributed by atoms with Gasteiger partial charge in [-0.25, -0.2) is 4.90 Å². The highest BCUT2D eigenvalue weighted by Crippen LogP contribution is 2.29. The molecule has 0 radical (unpaired) electrons. The van der Waals surface area contributed by atoms with E-state index in [-0.39, 0.29) is 17.9 Å². The van der Waals surface area contributed by atoms with Crippen LogP contribution in [-0.4, -0.2) is 31.1 Å². The standard InChI is InChI=1S/C17H13NO4/c19-16-14-3-1-2-4-15(14)17(20)18(16)11-5-7-12(8-6-11)21-9-13-10-22-13/h1-8,13H,9-10H2/t13-/m1/s1. The zero-order valence-electron chi connectivity index (χ0n) is 11.7. The number of rotatable bonds is 4. The first kappa shape index (κ1) is 13.0. The summed E-state index contributed by atoms with van der Waals surface area (Å²) in [5.41, 5.74) is 1.43. The minimum absolute atomic E-state index is 0.191. The molecule has 2 aromatic rings. The summed E-state index contributed by atoms with van der Waals surface area (Å²) in [6, 6.07) is 13.8. The van der Waals surface area contributed by atoms with Gasteiger partial charge in [0, 0.05) is 0 Å². The number of nitrogens with zero attached hydrogens (tertiary/aromatic N) is 1. The average molecular weight is 295 g/mol. The highest BCUT2D eigenvalue weighted by atomic mass is 16.6. The Labute approximate surface area is 127 Å². The summed E-state index contributed by atoms with van der Waals surface area (Å²) in [5, 5.41) is 0. The fourth-order valence-electron chi connectivity index (χ4n) is 2.47. The van der Waals surface area contributed by atoms with Gasteiger partial charge in [0.2, 0.25) is 0 Å². The van der Waals surface area contributed by atoms with E-state index in [0.29, 0.717) is 29.2 Å². The Morgan fingerprint density at radius 2 is 1.59 bits per heavy atom. The van der Waals surface area contributed by atoms with Gasteiger partial charge in [-0.05, 0) is 36.4 Å². The van der Waals surface area contributed by atoms with Crippen molar-refractivity contribution in [1.82, 2.24) is 0 Å². The minimum atomic E-state index is -0.291. The van der Waals surface area contributed by atoms with E-state index >= 15 is 0 Å². The number of epoxide rings is 1. The lowest BCUT2D eigenvalue weighted by molar-refractivity contribution is 0.0926. The Morgan fingerprint density at radius 3 is 2.14 bits per heavy atom. The second-order valence-electron chi connectivity index (χ2n) is 5.25. The number of carbonyl (C=O) groups is 2. The first-order chi connectivity index (χ1) is 10.7. The number of imide groups is 1. The highest BCUT2D eigenvalue weighted by Gasteiger charge is 2.36. The number of anilines is 1. The molecule has 0 aromatic heterocycles. The Hall–Kier alpha value is -2.66. The fourth-order valence-corrected chi connectivity index (χ4v) is 2.47. The summed E-state index contributed by atoms with van der Waals surface area (Å²) in [6.45, 7) is 1.26. The van der Waals surface area contributed by atoms with Crippen LogP contribution in [0.15, 0.2) is 48.5 Å². The summed E-state index contributed by atoms with van der Waals surface area (Å²) in [7, 11) is 0. The number of hydrogen-bond donors (Lipinski definition) is 0. The van der Waals surface area contributed by atoms with Crippen LogP contribution in [0.3, 0.4) is 0 Å². The summed E-state index contributed by atoms with van der Waals surface area (Å²) < 4.78 is 10.6. The Bertz CT molecular complexity index is 715. The van der Waals surface area contributed by atoms with Gasteiger partial charge in [-0.3, -0.25) is 9.59 Å². The quantitative estimate of drug-likeness (QED) is 0.641. The first-order valence-electron chi connectivity index (χ1n) is 7.06. The average Bonchev–Trinajstić information content (AvgIpc) is 3.34. The molecule has 2 amide bonds. The van der Waals surface area contributed by atoms with E-state index in [4.69, 9.17) is 9.47 Å². The van der Waals surface area contributed by atoms with Crippen LogP contribution in [0.5, 0.6) is 5.75 Å². The molecule has 2 aliphatic rings. The third-order valence-corrected chi connectivity index (χ3v) is 3.73. The van der Waals surface area contributed by atoms with E-state index in [1.165, 1.54) is 4.90 Å². The molecule has 0 N–H and O–H groups in total. The van der Waals surface area contributed by atoms with Gasteiger partial charge in [0.05, 0.1) is 23.4 Å². The van der Waals surface area contributed by atoms with Crippen LogP contribution in [0.1, 0.15) is 20.7 Å². The molecule has 2 aliphatic heterocycles.